The molecule has 0 unspecified atom stereocenters. The van der Waals surface area contributed by atoms with Gasteiger partial charge in [-0.3, -0.25) is 4.79 Å². The van der Waals surface area contributed by atoms with Crippen LogP contribution in [-0.4, -0.2) is 20.5 Å². The molecular weight excluding hydrogens is 322 g/mol. The minimum atomic E-state index is -0.638. The lowest BCUT2D eigenvalue weighted by atomic mass is 9.64. The van der Waals surface area contributed by atoms with Crippen molar-refractivity contribution in [3.63, 3.8) is 0 Å². The van der Waals surface area contributed by atoms with Gasteiger partial charge in [-0.05, 0) is 36.5 Å². The molecule has 26 heavy (non-hydrogen) atoms. The molecule has 5 rings (SSSR count). The van der Waals surface area contributed by atoms with Gasteiger partial charge in [0.15, 0.2) is 5.78 Å². The molecule has 2 aromatic carbocycles. The van der Waals surface area contributed by atoms with E-state index >= 15 is 0 Å². The Labute approximate surface area is 152 Å². The maximum absolute atomic E-state index is 13.3. The first-order chi connectivity index (χ1) is 12.7. The average molecular weight is 343 g/mol. The quantitative estimate of drug-likeness (QED) is 0.672. The highest BCUT2D eigenvalue weighted by Crippen LogP contribution is 2.49. The number of benzene rings is 2. The zero-order chi connectivity index (χ0) is 17.7. The summed E-state index contributed by atoms with van der Waals surface area (Å²) in [7, 11) is 0. The topological polar surface area (TPSA) is 47.8 Å². The number of aryl methyl sites for hydroxylation is 1. The molecule has 1 saturated carbocycles. The van der Waals surface area contributed by atoms with E-state index in [1.807, 2.05) is 23.7 Å². The van der Waals surface area contributed by atoms with E-state index in [0.717, 1.165) is 36.5 Å². The third-order valence-corrected chi connectivity index (χ3v) is 5.88. The number of ketones is 1. The summed E-state index contributed by atoms with van der Waals surface area (Å²) in [5.41, 5.74) is 2.83. The molecule has 1 spiro atoms. The number of nitrogens with zero attached hydrogens (tertiary/aromatic N) is 3. The minimum absolute atomic E-state index is 0.0380. The first-order valence-corrected chi connectivity index (χ1v) is 9.33. The van der Waals surface area contributed by atoms with Crippen molar-refractivity contribution in [2.75, 3.05) is 0 Å². The van der Waals surface area contributed by atoms with Crippen LogP contribution >= 0.6 is 0 Å². The van der Waals surface area contributed by atoms with Gasteiger partial charge in [0.05, 0.1) is 0 Å². The Morgan fingerprint density at radius 2 is 1.81 bits per heavy atom. The van der Waals surface area contributed by atoms with Gasteiger partial charge in [0.2, 0.25) is 0 Å². The van der Waals surface area contributed by atoms with Gasteiger partial charge in [-0.2, -0.15) is 5.10 Å². The molecule has 4 nitrogen and oxygen atoms in total. The molecule has 1 aliphatic heterocycles. The molecule has 1 aliphatic carbocycles. The molecule has 0 bridgehead atoms. The second kappa shape index (κ2) is 5.63. The smallest absolute Gasteiger partial charge is 0.151 e. The Kier molecular flexibility index (Phi) is 3.36. The zero-order valence-electron chi connectivity index (χ0n) is 14.9. The molecule has 0 saturated heterocycles. The number of Topliss-reactive ketones (excluding diaryl/α,β-unsaturated/α-hetero) is 1. The standard InChI is InChI=1S/C22H21N3O/c1-15-23-21-22(14-8-7-13-19(22)26)18-12-6-5-11-17(18)20(25(21)24-15)16-9-3-2-4-10-16/h2-6,9-12,20H,7-8,13-14H2,1H3/t20-,22+/m0/s1. The summed E-state index contributed by atoms with van der Waals surface area (Å²) in [5.74, 6) is 1.84. The molecule has 0 radical (unpaired) electrons. The molecule has 2 heterocycles. The third kappa shape index (κ3) is 1.99. The number of rotatable bonds is 1. The van der Waals surface area contributed by atoms with Crippen molar-refractivity contribution < 1.29 is 4.79 Å². The van der Waals surface area contributed by atoms with Gasteiger partial charge < -0.3 is 0 Å². The summed E-state index contributed by atoms with van der Waals surface area (Å²) in [6.07, 6.45) is 3.46. The van der Waals surface area contributed by atoms with E-state index in [9.17, 15) is 4.79 Å². The summed E-state index contributed by atoms with van der Waals surface area (Å²) in [6.45, 7) is 1.92. The summed E-state index contributed by atoms with van der Waals surface area (Å²) in [4.78, 5) is 18.1. The highest BCUT2D eigenvalue weighted by atomic mass is 16.1. The highest BCUT2D eigenvalue weighted by molar-refractivity contribution is 5.94. The van der Waals surface area contributed by atoms with E-state index in [0.29, 0.717) is 6.42 Å². The first-order valence-electron chi connectivity index (χ1n) is 9.33. The minimum Gasteiger partial charge on any atom is -0.298 e. The number of aromatic nitrogens is 3. The third-order valence-electron chi connectivity index (χ3n) is 5.88. The SMILES string of the molecule is Cc1nc2n(n1)[C@@H](c1ccccc1)c1ccccc1[C@@]21CCCCC1=O. The fourth-order valence-corrected chi connectivity index (χ4v) is 4.78. The monoisotopic (exact) mass is 343 g/mol. The van der Waals surface area contributed by atoms with Crippen LogP contribution in [0, 0.1) is 6.92 Å². The van der Waals surface area contributed by atoms with Gasteiger partial charge >= 0.3 is 0 Å². The maximum Gasteiger partial charge on any atom is 0.151 e. The summed E-state index contributed by atoms with van der Waals surface area (Å²) in [6, 6.07) is 18.7. The molecule has 1 fully saturated rings. The fraction of sp³-hybridized carbons (Fsp3) is 0.318. The lowest BCUT2D eigenvalue weighted by Gasteiger charge is -2.42. The van der Waals surface area contributed by atoms with Crippen LogP contribution in [0.15, 0.2) is 54.6 Å². The second-order valence-corrected chi connectivity index (χ2v) is 7.36. The Balaban J connectivity index is 1.84. The Bertz CT molecular complexity index is 992. The van der Waals surface area contributed by atoms with E-state index in [4.69, 9.17) is 10.1 Å². The van der Waals surface area contributed by atoms with Gasteiger partial charge in [-0.25, -0.2) is 9.67 Å². The molecule has 2 atom stereocenters. The van der Waals surface area contributed by atoms with Crippen LogP contribution in [0.1, 0.15) is 60.1 Å². The number of carbonyl (C=O) groups is 1. The van der Waals surface area contributed by atoms with Crippen molar-refractivity contribution in [3.05, 3.63) is 82.9 Å². The molecule has 4 heteroatoms. The summed E-state index contributed by atoms with van der Waals surface area (Å²) in [5, 5.41) is 4.75. The number of fused-ring (bicyclic) bond motifs is 4. The van der Waals surface area contributed by atoms with E-state index < -0.39 is 5.41 Å². The molecule has 1 aromatic heterocycles. The van der Waals surface area contributed by atoms with Gasteiger partial charge in [-0.15, -0.1) is 0 Å². The molecule has 0 N–H and O–H groups in total. The predicted octanol–water partition coefficient (Wildman–Crippen LogP) is 3.97. The average Bonchev–Trinajstić information content (AvgIpc) is 3.06. The zero-order valence-corrected chi connectivity index (χ0v) is 14.9. The van der Waals surface area contributed by atoms with Crippen LogP contribution in [0.5, 0.6) is 0 Å². The summed E-state index contributed by atoms with van der Waals surface area (Å²) >= 11 is 0. The van der Waals surface area contributed by atoms with Crippen molar-refractivity contribution >= 4 is 5.78 Å². The van der Waals surface area contributed by atoms with Gasteiger partial charge in [0.1, 0.15) is 23.1 Å². The molecular formula is C22H21N3O. The van der Waals surface area contributed by atoms with Crippen LogP contribution in [0.2, 0.25) is 0 Å². The fourth-order valence-electron chi connectivity index (χ4n) is 4.78. The van der Waals surface area contributed by atoms with E-state index in [1.54, 1.807) is 0 Å². The molecule has 130 valence electrons. The molecule has 2 aliphatic rings. The number of hydrogen-bond acceptors (Lipinski definition) is 3. The largest absolute Gasteiger partial charge is 0.298 e. The van der Waals surface area contributed by atoms with Crippen LogP contribution in [0.25, 0.3) is 0 Å². The van der Waals surface area contributed by atoms with Gasteiger partial charge in [0.25, 0.3) is 0 Å². The molecule has 3 aromatic rings. The van der Waals surface area contributed by atoms with E-state index in [1.165, 1.54) is 11.1 Å². The van der Waals surface area contributed by atoms with E-state index in [2.05, 4.69) is 42.5 Å². The van der Waals surface area contributed by atoms with Crippen molar-refractivity contribution in [1.29, 1.82) is 0 Å². The first kappa shape index (κ1) is 15.5. The van der Waals surface area contributed by atoms with Crippen LogP contribution < -0.4 is 0 Å². The van der Waals surface area contributed by atoms with Crippen LogP contribution in [0.4, 0.5) is 0 Å². The van der Waals surface area contributed by atoms with Crippen molar-refractivity contribution in [3.8, 4) is 0 Å². The van der Waals surface area contributed by atoms with Crippen LogP contribution in [0.3, 0.4) is 0 Å². The maximum atomic E-state index is 13.3. The van der Waals surface area contributed by atoms with Crippen molar-refractivity contribution in [2.45, 2.75) is 44.1 Å². The normalized spacial score (nSPS) is 24.3. The second-order valence-electron chi connectivity index (χ2n) is 7.36. The van der Waals surface area contributed by atoms with Crippen molar-refractivity contribution in [1.82, 2.24) is 14.8 Å². The van der Waals surface area contributed by atoms with E-state index in [-0.39, 0.29) is 11.8 Å². The predicted molar refractivity (Wildman–Crippen MR) is 99.1 cm³/mol. The molecule has 0 amide bonds. The van der Waals surface area contributed by atoms with Gasteiger partial charge in [-0.1, -0.05) is 61.0 Å². The highest BCUT2D eigenvalue weighted by Gasteiger charge is 2.52. The Morgan fingerprint density at radius 3 is 2.62 bits per heavy atom. The van der Waals surface area contributed by atoms with Crippen LogP contribution in [-0.2, 0) is 10.2 Å². The Hall–Kier alpha value is -2.75. The van der Waals surface area contributed by atoms with Crippen molar-refractivity contribution in [2.24, 2.45) is 0 Å². The lowest BCUT2D eigenvalue weighted by molar-refractivity contribution is -0.125. The van der Waals surface area contributed by atoms with Gasteiger partial charge in [0, 0.05) is 6.42 Å². The number of carbonyl (C=O) groups excluding carboxylic acids is 1. The number of hydrogen-bond donors (Lipinski definition) is 0. The Morgan fingerprint density at radius 1 is 1.04 bits per heavy atom. The summed E-state index contributed by atoms with van der Waals surface area (Å²) < 4.78 is 2.01. The lowest BCUT2D eigenvalue weighted by Crippen LogP contribution is -2.46.